The van der Waals surface area contributed by atoms with Crippen LogP contribution in [0.25, 0.3) is 0 Å². The maximum absolute atomic E-state index is 10.4. The third kappa shape index (κ3) is 9.43. The highest BCUT2D eigenvalue weighted by Crippen LogP contribution is 2.05. The molecule has 1 aromatic rings. The second-order valence-electron chi connectivity index (χ2n) is 2.63. The Morgan fingerprint density at radius 2 is 2.00 bits per heavy atom. The Hall–Kier alpha value is -0.870. The third-order valence-corrected chi connectivity index (χ3v) is 1.89. The molecule has 0 saturated heterocycles. The smallest absolute Gasteiger partial charge is 0.319 e. The highest BCUT2D eigenvalue weighted by atomic mass is 79.9. The van der Waals surface area contributed by atoms with Gasteiger partial charge in [0, 0.05) is 4.47 Å². The predicted octanol–water partition coefficient (Wildman–Crippen LogP) is 2.22. The molecule has 15 heavy (non-hydrogen) atoms. The molecule has 0 bridgehead atoms. The van der Waals surface area contributed by atoms with Gasteiger partial charge in [0.1, 0.15) is 0 Å². The highest BCUT2D eigenvalue weighted by molar-refractivity contribution is 9.10. The molecule has 1 aromatic carbocycles. The van der Waals surface area contributed by atoms with Crippen molar-refractivity contribution >= 4 is 21.9 Å². The Morgan fingerprint density at radius 3 is 2.33 bits per heavy atom. The lowest BCUT2D eigenvalue weighted by Crippen LogP contribution is -2.20. The quantitative estimate of drug-likeness (QED) is 0.859. The minimum atomic E-state index is -0.199. The fourth-order valence-electron chi connectivity index (χ4n) is 0.771. The fourth-order valence-corrected chi connectivity index (χ4v) is 1.08. The monoisotopic (exact) mass is 273 g/mol. The molecule has 4 heteroatoms. The van der Waals surface area contributed by atoms with E-state index in [9.17, 15) is 4.79 Å². The van der Waals surface area contributed by atoms with E-state index in [2.05, 4.69) is 26.0 Å². The first kappa shape index (κ1) is 14.1. The molecule has 0 saturated carbocycles. The van der Waals surface area contributed by atoms with Gasteiger partial charge in [0.25, 0.3) is 0 Å². The lowest BCUT2D eigenvalue weighted by atomic mass is 10.4. The normalized spacial score (nSPS) is 8.73. The van der Waals surface area contributed by atoms with Crippen LogP contribution >= 0.6 is 15.9 Å². The molecule has 0 aliphatic carbocycles. The zero-order valence-corrected chi connectivity index (χ0v) is 10.6. The van der Waals surface area contributed by atoms with Gasteiger partial charge in [-0.3, -0.25) is 4.79 Å². The van der Waals surface area contributed by atoms with Crippen LogP contribution in [0.2, 0.25) is 0 Å². The van der Waals surface area contributed by atoms with Gasteiger partial charge in [-0.2, -0.15) is 0 Å². The number of ether oxygens (including phenoxy) is 1. The van der Waals surface area contributed by atoms with Crippen molar-refractivity contribution in [1.82, 2.24) is 5.32 Å². The van der Waals surface area contributed by atoms with E-state index in [1.54, 1.807) is 14.0 Å². The second-order valence-corrected chi connectivity index (χ2v) is 3.55. The van der Waals surface area contributed by atoms with Crippen molar-refractivity contribution < 1.29 is 9.53 Å². The SMILES string of the molecule is Brc1ccccc1.CCOC(=O)CNC. The maximum Gasteiger partial charge on any atom is 0.319 e. The van der Waals surface area contributed by atoms with Crippen molar-refractivity contribution in [3.8, 4) is 0 Å². The summed E-state index contributed by atoms with van der Waals surface area (Å²) in [6.07, 6.45) is 0. The van der Waals surface area contributed by atoms with Gasteiger partial charge in [0.05, 0.1) is 13.2 Å². The lowest BCUT2D eigenvalue weighted by molar-refractivity contribution is -0.141. The summed E-state index contributed by atoms with van der Waals surface area (Å²) in [4.78, 5) is 10.4. The largest absolute Gasteiger partial charge is 0.465 e. The molecular weight excluding hydrogens is 258 g/mol. The summed E-state index contributed by atoms with van der Waals surface area (Å²) < 4.78 is 5.72. The number of esters is 1. The number of benzene rings is 1. The molecule has 0 heterocycles. The van der Waals surface area contributed by atoms with Gasteiger partial charge >= 0.3 is 5.97 Å². The van der Waals surface area contributed by atoms with E-state index >= 15 is 0 Å². The number of halogens is 1. The molecule has 1 N–H and O–H groups in total. The number of carbonyl (C=O) groups is 1. The number of carbonyl (C=O) groups excluding carboxylic acids is 1. The van der Waals surface area contributed by atoms with E-state index in [0.29, 0.717) is 13.2 Å². The summed E-state index contributed by atoms with van der Waals surface area (Å²) in [6, 6.07) is 9.97. The molecule has 0 atom stereocenters. The van der Waals surface area contributed by atoms with E-state index in [0.717, 1.165) is 4.47 Å². The van der Waals surface area contributed by atoms with Crippen molar-refractivity contribution in [3.63, 3.8) is 0 Å². The van der Waals surface area contributed by atoms with Crippen molar-refractivity contribution in [2.45, 2.75) is 6.92 Å². The van der Waals surface area contributed by atoms with Crippen LogP contribution in [0.15, 0.2) is 34.8 Å². The number of rotatable bonds is 3. The van der Waals surface area contributed by atoms with Crippen LogP contribution in [0.4, 0.5) is 0 Å². The van der Waals surface area contributed by atoms with E-state index in [1.165, 1.54) is 0 Å². The van der Waals surface area contributed by atoms with Gasteiger partial charge < -0.3 is 10.1 Å². The lowest BCUT2D eigenvalue weighted by Gasteiger charge is -1.97. The van der Waals surface area contributed by atoms with Gasteiger partial charge in [-0.1, -0.05) is 34.1 Å². The van der Waals surface area contributed by atoms with E-state index < -0.39 is 0 Å². The standard InChI is InChI=1S/C6H5Br.C5H11NO2/c7-6-4-2-1-3-5-6;1-3-8-5(7)4-6-2/h1-5H;6H,3-4H2,1-2H3. The number of hydrogen-bond donors (Lipinski definition) is 1. The zero-order valence-electron chi connectivity index (χ0n) is 9.00. The van der Waals surface area contributed by atoms with E-state index in [-0.39, 0.29) is 5.97 Å². The Kier molecular flexibility index (Phi) is 9.11. The van der Waals surface area contributed by atoms with Crippen LogP contribution in [-0.4, -0.2) is 26.2 Å². The third-order valence-electron chi connectivity index (χ3n) is 1.36. The molecule has 84 valence electrons. The Bertz CT molecular complexity index is 257. The second kappa shape index (κ2) is 9.68. The van der Waals surface area contributed by atoms with Crippen molar-refractivity contribution in [2.75, 3.05) is 20.2 Å². The fraction of sp³-hybridized carbons (Fsp3) is 0.364. The first-order valence-corrected chi connectivity index (χ1v) is 5.50. The van der Waals surface area contributed by atoms with Gasteiger partial charge in [0.2, 0.25) is 0 Å². The number of hydrogen-bond acceptors (Lipinski definition) is 3. The van der Waals surface area contributed by atoms with Gasteiger partial charge in [0.15, 0.2) is 0 Å². The van der Waals surface area contributed by atoms with E-state index in [4.69, 9.17) is 0 Å². The summed E-state index contributed by atoms with van der Waals surface area (Å²) in [5.41, 5.74) is 0. The molecule has 0 fully saturated rings. The van der Waals surface area contributed by atoms with Gasteiger partial charge in [-0.15, -0.1) is 0 Å². The summed E-state index contributed by atoms with van der Waals surface area (Å²) in [5.74, 6) is -0.199. The molecule has 0 aromatic heterocycles. The van der Waals surface area contributed by atoms with Crippen LogP contribution in [0.1, 0.15) is 6.92 Å². The van der Waals surface area contributed by atoms with Crippen LogP contribution in [0.3, 0.4) is 0 Å². The van der Waals surface area contributed by atoms with Crippen molar-refractivity contribution in [3.05, 3.63) is 34.8 Å². The van der Waals surface area contributed by atoms with Crippen LogP contribution in [-0.2, 0) is 9.53 Å². The Balaban J connectivity index is 0.000000262. The average Bonchev–Trinajstić information content (AvgIpc) is 2.20. The summed E-state index contributed by atoms with van der Waals surface area (Å²) >= 11 is 3.31. The Morgan fingerprint density at radius 1 is 1.40 bits per heavy atom. The maximum atomic E-state index is 10.4. The minimum Gasteiger partial charge on any atom is -0.465 e. The molecule has 0 aliphatic rings. The number of nitrogens with one attached hydrogen (secondary N) is 1. The molecule has 0 spiro atoms. The van der Waals surface area contributed by atoms with Crippen LogP contribution < -0.4 is 5.32 Å². The molecule has 0 radical (unpaired) electrons. The molecule has 0 aliphatic heterocycles. The number of likely N-dealkylation sites (N-methyl/N-ethyl adjacent to an activating group) is 1. The molecule has 3 nitrogen and oxygen atoms in total. The molecule has 1 rings (SSSR count). The topological polar surface area (TPSA) is 38.3 Å². The summed E-state index contributed by atoms with van der Waals surface area (Å²) in [5, 5.41) is 2.68. The average molecular weight is 274 g/mol. The van der Waals surface area contributed by atoms with Gasteiger partial charge in [-0.05, 0) is 26.1 Å². The molecular formula is C11H16BrNO2. The minimum absolute atomic E-state index is 0.199. The first-order chi connectivity index (χ1) is 7.20. The first-order valence-electron chi connectivity index (χ1n) is 4.71. The highest BCUT2D eigenvalue weighted by Gasteiger charge is 1.94. The molecule has 0 amide bonds. The molecule has 0 unspecified atom stereocenters. The zero-order chi connectivity index (χ0) is 11.5. The van der Waals surface area contributed by atoms with Crippen molar-refractivity contribution in [1.29, 1.82) is 0 Å². The summed E-state index contributed by atoms with van der Waals surface area (Å²) in [7, 11) is 1.71. The van der Waals surface area contributed by atoms with Crippen LogP contribution in [0.5, 0.6) is 0 Å². The van der Waals surface area contributed by atoms with Gasteiger partial charge in [-0.25, -0.2) is 0 Å². The predicted molar refractivity (Wildman–Crippen MR) is 64.7 cm³/mol. The van der Waals surface area contributed by atoms with Crippen molar-refractivity contribution in [2.24, 2.45) is 0 Å². The summed E-state index contributed by atoms with van der Waals surface area (Å²) in [6.45, 7) is 2.54. The van der Waals surface area contributed by atoms with E-state index in [1.807, 2.05) is 30.3 Å². The Labute approximate surface area is 99.0 Å². The van der Waals surface area contributed by atoms with Crippen LogP contribution in [0, 0.1) is 0 Å².